The summed E-state index contributed by atoms with van der Waals surface area (Å²) in [7, 11) is 0. The van der Waals surface area contributed by atoms with Crippen LogP contribution in [0.1, 0.15) is 59.0 Å². The first kappa shape index (κ1) is 16.9. The fourth-order valence-electron chi connectivity index (χ4n) is 3.55. The second-order valence-corrected chi connectivity index (χ2v) is 7.50. The van der Waals surface area contributed by atoms with Crippen LogP contribution in [0.4, 0.5) is 0 Å². The molecule has 1 aromatic carbocycles. The number of nitrogens with one attached hydrogen (secondary N) is 2. The molecule has 1 fully saturated rings. The number of imidazole rings is 1. The summed E-state index contributed by atoms with van der Waals surface area (Å²) in [6.45, 7) is 2.40. The third-order valence-electron chi connectivity index (χ3n) is 5.40. The van der Waals surface area contributed by atoms with Crippen LogP contribution in [0, 0.1) is 0 Å². The molecule has 1 aliphatic rings. The summed E-state index contributed by atoms with van der Waals surface area (Å²) in [5, 5.41) is 7.34. The Bertz CT molecular complexity index is 1190. The molecule has 7 heteroatoms. The summed E-state index contributed by atoms with van der Waals surface area (Å²) in [6, 6.07) is 9.77. The number of aromatic amines is 1. The summed E-state index contributed by atoms with van der Waals surface area (Å²) >= 11 is 0. The van der Waals surface area contributed by atoms with Gasteiger partial charge in [-0.05, 0) is 55.2 Å². The van der Waals surface area contributed by atoms with E-state index in [-0.39, 0.29) is 11.9 Å². The first-order chi connectivity index (χ1) is 13.6. The van der Waals surface area contributed by atoms with Gasteiger partial charge in [-0.1, -0.05) is 6.07 Å². The molecule has 4 N–H and O–H groups in total. The molecule has 5 rings (SSSR count). The molecule has 0 spiro atoms. The predicted molar refractivity (Wildman–Crippen MR) is 107 cm³/mol. The van der Waals surface area contributed by atoms with Crippen LogP contribution in [0.25, 0.3) is 16.6 Å². The first-order valence-corrected chi connectivity index (χ1v) is 9.59. The zero-order valence-electron chi connectivity index (χ0n) is 15.6. The minimum atomic E-state index is -0.153. The van der Waals surface area contributed by atoms with Gasteiger partial charge in [0.2, 0.25) is 0 Å². The number of hydrogen-bond donors (Lipinski definition) is 3. The highest BCUT2D eigenvalue weighted by molar-refractivity contribution is 6.00. The Morgan fingerprint density at radius 2 is 2.21 bits per heavy atom. The number of pyridine rings is 1. The van der Waals surface area contributed by atoms with E-state index in [4.69, 9.17) is 5.73 Å². The van der Waals surface area contributed by atoms with Crippen molar-refractivity contribution in [2.24, 2.45) is 5.73 Å². The molecule has 7 nitrogen and oxygen atoms in total. The second-order valence-electron chi connectivity index (χ2n) is 7.50. The predicted octanol–water partition coefficient (Wildman–Crippen LogP) is 3.04. The maximum atomic E-state index is 12.9. The maximum Gasteiger partial charge on any atom is 0.255 e. The number of carbonyl (C=O) groups excluding carboxylic acids is 1. The lowest BCUT2D eigenvalue weighted by atomic mass is 10.1. The molecule has 1 aliphatic carbocycles. The van der Waals surface area contributed by atoms with Crippen molar-refractivity contribution < 1.29 is 4.79 Å². The van der Waals surface area contributed by atoms with Gasteiger partial charge in [-0.15, -0.1) is 0 Å². The molecule has 1 saturated carbocycles. The molecule has 4 aromatic rings. The van der Waals surface area contributed by atoms with E-state index in [1.54, 1.807) is 10.7 Å². The summed E-state index contributed by atoms with van der Waals surface area (Å²) in [4.78, 5) is 20.9. The van der Waals surface area contributed by atoms with Crippen molar-refractivity contribution in [3.63, 3.8) is 0 Å². The highest BCUT2D eigenvalue weighted by Gasteiger charge is 2.27. The lowest BCUT2D eigenvalue weighted by molar-refractivity contribution is 0.0941. The van der Waals surface area contributed by atoms with Crippen LogP contribution >= 0.6 is 0 Å². The van der Waals surface area contributed by atoms with Gasteiger partial charge in [-0.2, -0.15) is 5.10 Å². The van der Waals surface area contributed by atoms with Crippen molar-refractivity contribution in [2.75, 3.05) is 0 Å². The Kier molecular flexibility index (Phi) is 3.91. The zero-order valence-corrected chi connectivity index (χ0v) is 15.6. The Hall–Kier alpha value is -3.19. The van der Waals surface area contributed by atoms with E-state index in [9.17, 15) is 4.79 Å². The molecule has 0 radical (unpaired) electrons. The minimum Gasteiger partial charge on any atom is -0.345 e. The van der Waals surface area contributed by atoms with Gasteiger partial charge in [0.05, 0.1) is 34.4 Å². The number of nitrogens with zero attached hydrogens (tertiary/aromatic N) is 3. The van der Waals surface area contributed by atoms with Gasteiger partial charge in [0, 0.05) is 18.7 Å². The van der Waals surface area contributed by atoms with Crippen molar-refractivity contribution >= 4 is 22.5 Å². The monoisotopic (exact) mass is 374 g/mol. The van der Waals surface area contributed by atoms with Crippen LogP contribution < -0.4 is 11.1 Å². The molecule has 3 aromatic heterocycles. The molecule has 1 unspecified atom stereocenters. The van der Waals surface area contributed by atoms with Crippen LogP contribution in [-0.4, -0.2) is 25.5 Å². The van der Waals surface area contributed by atoms with Gasteiger partial charge in [-0.3, -0.25) is 4.79 Å². The van der Waals surface area contributed by atoms with E-state index in [0.29, 0.717) is 18.0 Å². The number of aromatic nitrogens is 4. The van der Waals surface area contributed by atoms with Gasteiger partial charge in [0.1, 0.15) is 5.82 Å². The van der Waals surface area contributed by atoms with Gasteiger partial charge in [-0.25, -0.2) is 9.50 Å². The summed E-state index contributed by atoms with van der Waals surface area (Å²) in [5.41, 5.74) is 11.0. The third-order valence-corrected chi connectivity index (χ3v) is 5.40. The van der Waals surface area contributed by atoms with Gasteiger partial charge < -0.3 is 16.0 Å². The Morgan fingerprint density at radius 3 is 3.00 bits per heavy atom. The minimum absolute atomic E-state index is 0.141. The van der Waals surface area contributed by atoms with Crippen LogP contribution in [0.3, 0.4) is 0 Å². The van der Waals surface area contributed by atoms with E-state index < -0.39 is 0 Å². The molecule has 3 heterocycles. The number of nitrogens with two attached hydrogens (primary N) is 1. The van der Waals surface area contributed by atoms with Gasteiger partial charge in [0.15, 0.2) is 0 Å². The average Bonchev–Trinajstić information content (AvgIpc) is 3.33. The molecule has 0 bridgehead atoms. The highest BCUT2D eigenvalue weighted by atomic mass is 16.1. The van der Waals surface area contributed by atoms with E-state index in [2.05, 4.69) is 26.4 Å². The number of H-pyrrole nitrogens is 1. The summed E-state index contributed by atoms with van der Waals surface area (Å²) in [6.07, 6.45) is 5.84. The molecule has 0 saturated heterocycles. The van der Waals surface area contributed by atoms with E-state index in [1.807, 2.05) is 37.4 Å². The first-order valence-electron chi connectivity index (χ1n) is 9.59. The summed E-state index contributed by atoms with van der Waals surface area (Å²) < 4.78 is 1.69. The number of carbonyl (C=O) groups is 1. The maximum absolute atomic E-state index is 12.9. The van der Waals surface area contributed by atoms with Crippen molar-refractivity contribution in [3.8, 4) is 0 Å². The van der Waals surface area contributed by atoms with E-state index >= 15 is 0 Å². The van der Waals surface area contributed by atoms with Gasteiger partial charge in [0.25, 0.3) is 5.91 Å². The summed E-state index contributed by atoms with van der Waals surface area (Å²) in [5.74, 6) is 1.51. The van der Waals surface area contributed by atoms with E-state index in [1.165, 1.54) is 12.8 Å². The van der Waals surface area contributed by atoms with Crippen molar-refractivity contribution in [1.82, 2.24) is 24.9 Å². The molecule has 1 amide bonds. The van der Waals surface area contributed by atoms with Crippen molar-refractivity contribution in [1.29, 1.82) is 0 Å². The van der Waals surface area contributed by atoms with Crippen LogP contribution in [0.2, 0.25) is 0 Å². The Balaban J connectivity index is 1.39. The highest BCUT2D eigenvalue weighted by Crippen LogP contribution is 2.39. The molecular weight excluding hydrogens is 352 g/mol. The standard InChI is InChI=1S/C21H22N6O/c1-12(15-4-5-17-18(9-15)26-20(25-17)14-2-3-14)24-21(28)16-11-23-27-7-6-13(10-22)8-19(16)27/h4-9,11-12,14H,2-3,10,22H2,1H3,(H,24,28)(H,25,26). The lowest BCUT2D eigenvalue weighted by Gasteiger charge is -2.14. The van der Waals surface area contributed by atoms with Crippen LogP contribution in [0.15, 0.2) is 42.7 Å². The quantitative estimate of drug-likeness (QED) is 0.500. The third kappa shape index (κ3) is 2.93. The zero-order chi connectivity index (χ0) is 19.3. The normalized spacial score (nSPS) is 15.2. The lowest BCUT2D eigenvalue weighted by Crippen LogP contribution is -2.26. The SMILES string of the molecule is CC(NC(=O)c1cnn2ccc(CN)cc12)c1ccc2nc(C3CC3)[nH]c2c1. The fourth-order valence-corrected chi connectivity index (χ4v) is 3.55. The fraction of sp³-hybridized carbons (Fsp3) is 0.286. The van der Waals surface area contributed by atoms with Crippen LogP contribution in [-0.2, 0) is 6.54 Å². The number of amides is 1. The molecule has 28 heavy (non-hydrogen) atoms. The molecule has 142 valence electrons. The smallest absolute Gasteiger partial charge is 0.255 e. The number of benzene rings is 1. The van der Waals surface area contributed by atoms with E-state index in [0.717, 1.165) is 33.5 Å². The van der Waals surface area contributed by atoms with Crippen molar-refractivity contribution in [3.05, 3.63) is 65.2 Å². The molecule has 1 atom stereocenters. The molecular formula is C21H22N6O. The molecule has 0 aliphatic heterocycles. The Labute approximate surface area is 162 Å². The average molecular weight is 374 g/mol. The number of rotatable bonds is 5. The number of hydrogen-bond acceptors (Lipinski definition) is 4. The largest absolute Gasteiger partial charge is 0.345 e. The second kappa shape index (κ2) is 6.45. The van der Waals surface area contributed by atoms with Crippen molar-refractivity contribution in [2.45, 2.75) is 38.3 Å². The Morgan fingerprint density at radius 1 is 1.36 bits per heavy atom. The van der Waals surface area contributed by atoms with Gasteiger partial charge >= 0.3 is 0 Å². The topological polar surface area (TPSA) is 101 Å². The van der Waals surface area contributed by atoms with Crippen LogP contribution in [0.5, 0.6) is 0 Å². The number of fused-ring (bicyclic) bond motifs is 2.